The van der Waals surface area contributed by atoms with E-state index in [4.69, 9.17) is 0 Å². The Morgan fingerprint density at radius 2 is 1.88 bits per heavy atom. The molecule has 33 heavy (non-hydrogen) atoms. The highest BCUT2D eigenvalue weighted by atomic mass is 32.2. The average Bonchev–Trinajstić information content (AvgIpc) is 3.38. The van der Waals surface area contributed by atoms with Crippen LogP contribution in [0.15, 0.2) is 46.2 Å². The van der Waals surface area contributed by atoms with Gasteiger partial charge in [0.1, 0.15) is 6.54 Å². The third-order valence-corrected chi connectivity index (χ3v) is 7.86. The Bertz CT molecular complexity index is 1400. The van der Waals surface area contributed by atoms with Crippen LogP contribution in [0.25, 0.3) is 11.2 Å². The third kappa shape index (κ3) is 4.37. The van der Waals surface area contributed by atoms with Crippen molar-refractivity contribution in [2.24, 2.45) is 0 Å². The van der Waals surface area contributed by atoms with E-state index in [1.54, 1.807) is 11.5 Å². The van der Waals surface area contributed by atoms with Gasteiger partial charge in [0.15, 0.2) is 21.0 Å². The Labute approximate surface area is 191 Å². The molecule has 1 aromatic carbocycles. The van der Waals surface area contributed by atoms with Gasteiger partial charge in [-0.1, -0.05) is 30.3 Å². The Morgan fingerprint density at radius 3 is 2.48 bits per heavy atom. The summed E-state index contributed by atoms with van der Waals surface area (Å²) in [5.74, 6) is -0.513. The standard InChI is InChI=1S/C22H27N5O5S/c1-3-24-15-23-20-19(24)21(29)27(22(30)26(20)12-16-8-6-5-7-9-16)13-18(28)25(4-2)17-10-11-33(31,32)14-17/h5-9,15,17H,3-4,10-14H2,1-2H3/t17-/m1/s1. The zero-order chi connectivity index (χ0) is 23.8. The maximum absolute atomic E-state index is 13.4. The van der Waals surface area contributed by atoms with Crippen LogP contribution in [0, 0.1) is 0 Å². The molecule has 0 saturated carbocycles. The lowest BCUT2D eigenvalue weighted by Gasteiger charge is -2.27. The Balaban J connectivity index is 1.77. The summed E-state index contributed by atoms with van der Waals surface area (Å²) < 4.78 is 27.8. The van der Waals surface area contributed by atoms with Gasteiger partial charge in [-0.2, -0.15) is 0 Å². The number of fused-ring (bicyclic) bond motifs is 1. The van der Waals surface area contributed by atoms with Crippen LogP contribution < -0.4 is 11.2 Å². The number of rotatable bonds is 7. The maximum Gasteiger partial charge on any atom is 0.333 e. The molecule has 0 aliphatic carbocycles. The molecule has 0 spiro atoms. The summed E-state index contributed by atoms with van der Waals surface area (Å²) >= 11 is 0. The van der Waals surface area contributed by atoms with Gasteiger partial charge in [0.05, 0.1) is 24.4 Å². The molecular weight excluding hydrogens is 446 g/mol. The quantitative estimate of drug-likeness (QED) is 0.492. The lowest BCUT2D eigenvalue weighted by molar-refractivity contribution is -0.133. The largest absolute Gasteiger partial charge is 0.337 e. The first-order valence-electron chi connectivity index (χ1n) is 11.0. The van der Waals surface area contributed by atoms with Crippen molar-refractivity contribution in [3.8, 4) is 0 Å². The van der Waals surface area contributed by atoms with Gasteiger partial charge < -0.3 is 9.47 Å². The van der Waals surface area contributed by atoms with E-state index < -0.39 is 39.6 Å². The topological polar surface area (TPSA) is 116 Å². The van der Waals surface area contributed by atoms with Gasteiger partial charge in [-0.3, -0.25) is 14.2 Å². The Kier molecular flexibility index (Phi) is 6.24. The fourth-order valence-electron chi connectivity index (χ4n) is 4.41. The van der Waals surface area contributed by atoms with E-state index in [0.29, 0.717) is 19.5 Å². The van der Waals surface area contributed by atoms with E-state index >= 15 is 0 Å². The first-order chi connectivity index (χ1) is 15.8. The average molecular weight is 474 g/mol. The molecule has 1 atom stereocenters. The number of nitrogens with zero attached hydrogens (tertiary/aromatic N) is 5. The molecular formula is C22H27N5O5S. The number of sulfone groups is 1. The van der Waals surface area contributed by atoms with Crippen molar-refractivity contribution in [1.29, 1.82) is 0 Å². The minimum Gasteiger partial charge on any atom is -0.337 e. The number of imidazole rings is 1. The van der Waals surface area contributed by atoms with E-state index in [1.165, 1.54) is 15.8 Å². The minimum atomic E-state index is -3.18. The number of carbonyl (C=O) groups is 1. The van der Waals surface area contributed by atoms with Crippen molar-refractivity contribution in [2.45, 2.75) is 45.9 Å². The molecule has 3 heterocycles. The van der Waals surface area contributed by atoms with Crippen molar-refractivity contribution in [3.63, 3.8) is 0 Å². The maximum atomic E-state index is 13.4. The van der Waals surface area contributed by atoms with Crippen LogP contribution in [-0.2, 0) is 34.3 Å². The number of hydrogen-bond acceptors (Lipinski definition) is 6. The second-order valence-electron chi connectivity index (χ2n) is 8.19. The molecule has 10 nitrogen and oxygen atoms in total. The summed E-state index contributed by atoms with van der Waals surface area (Å²) in [5, 5.41) is 0. The number of hydrogen-bond donors (Lipinski definition) is 0. The van der Waals surface area contributed by atoms with Gasteiger partial charge in [-0.05, 0) is 25.8 Å². The SMILES string of the molecule is CCN(C(=O)Cn1c(=O)c2c(ncn2CC)n(Cc2ccccc2)c1=O)[C@@H]1CCS(=O)(=O)C1. The summed E-state index contributed by atoms with van der Waals surface area (Å²) in [6, 6.07) is 8.88. The molecule has 0 unspecified atom stereocenters. The summed E-state index contributed by atoms with van der Waals surface area (Å²) in [6.07, 6.45) is 1.87. The van der Waals surface area contributed by atoms with E-state index in [9.17, 15) is 22.8 Å². The molecule has 0 N–H and O–H groups in total. The van der Waals surface area contributed by atoms with Crippen molar-refractivity contribution in [3.05, 3.63) is 63.1 Å². The number of likely N-dealkylation sites (N-methyl/N-ethyl adjacent to an activating group) is 1. The molecule has 0 radical (unpaired) electrons. The summed E-state index contributed by atoms with van der Waals surface area (Å²) in [4.78, 5) is 45.6. The number of carbonyl (C=O) groups excluding carboxylic acids is 1. The number of amides is 1. The van der Waals surface area contributed by atoms with Gasteiger partial charge in [0.2, 0.25) is 5.91 Å². The molecule has 2 aromatic heterocycles. The zero-order valence-corrected chi connectivity index (χ0v) is 19.5. The molecule has 1 saturated heterocycles. The third-order valence-electron chi connectivity index (χ3n) is 6.11. The summed E-state index contributed by atoms with van der Waals surface area (Å²) in [5.41, 5.74) is 0.180. The second-order valence-corrected chi connectivity index (χ2v) is 10.4. The predicted molar refractivity (Wildman–Crippen MR) is 124 cm³/mol. The molecule has 4 rings (SSSR count). The van der Waals surface area contributed by atoms with Crippen LogP contribution in [0.2, 0.25) is 0 Å². The first-order valence-corrected chi connectivity index (χ1v) is 12.8. The molecule has 1 fully saturated rings. The van der Waals surface area contributed by atoms with Crippen molar-refractivity contribution in [1.82, 2.24) is 23.6 Å². The fourth-order valence-corrected chi connectivity index (χ4v) is 6.14. The van der Waals surface area contributed by atoms with Gasteiger partial charge in [-0.15, -0.1) is 0 Å². The van der Waals surface area contributed by atoms with Crippen molar-refractivity contribution in [2.75, 3.05) is 18.1 Å². The highest BCUT2D eigenvalue weighted by molar-refractivity contribution is 7.91. The van der Waals surface area contributed by atoms with Gasteiger partial charge >= 0.3 is 5.69 Å². The van der Waals surface area contributed by atoms with Gasteiger partial charge in [0.25, 0.3) is 5.56 Å². The van der Waals surface area contributed by atoms with Gasteiger partial charge in [0, 0.05) is 19.1 Å². The fraction of sp³-hybridized carbons (Fsp3) is 0.455. The summed E-state index contributed by atoms with van der Waals surface area (Å²) in [6.45, 7) is 4.13. The molecule has 1 amide bonds. The highest BCUT2D eigenvalue weighted by Gasteiger charge is 2.34. The molecule has 0 bridgehead atoms. The lowest BCUT2D eigenvalue weighted by Crippen LogP contribution is -2.48. The lowest BCUT2D eigenvalue weighted by atomic mass is 10.2. The molecule has 1 aliphatic rings. The van der Waals surface area contributed by atoms with Crippen LogP contribution in [0.3, 0.4) is 0 Å². The smallest absolute Gasteiger partial charge is 0.333 e. The monoisotopic (exact) mass is 473 g/mol. The molecule has 11 heteroatoms. The minimum absolute atomic E-state index is 0.0346. The number of aryl methyl sites for hydroxylation is 1. The zero-order valence-electron chi connectivity index (χ0n) is 18.7. The van der Waals surface area contributed by atoms with Crippen LogP contribution in [-0.4, -0.2) is 62.0 Å². The molecule has 1 aliphatic heterocycles. The van der Waals surface area contributed by atoms with Crippen molar-refractivity contribution >= 4 is 26.9 Å². The van der Waals surface area contributed by atoms with Crippen LogP contribution in [0.4, 0.5) is 0 Å². The summed E-state index contributed by atoms with van der Waals surface area (Å²) in [7, 11) is -3.18. The van der Waals surface area contributed by atoms with Crippen LogP contribution >= 0.6 is 0 Å². The van der Waals surface area contributed by atoms with Crippen LogP contribution in [0.1, 0.15) is 25.8 Å². The highest BCUT2D eigenvalue weighted by Crippen LogP contribution is 2.18. The van der Waals surface area contributed by atoms with Crippen molar-refractivity contribution < 1.29 is 13.2 Å². The normalized spacial score (nSPS) is 17.5. The van der Waals surface area contributed by atoms with E-state index in [2.05, 4.69) is 4.98 Å². The number of aromatic nitrogens is 4. The Morgan fingerprint density at radius 1 is 1.15 bits per heavy atom. The van der Waals surface area contributed by atoms with E-state index in [0.717, 1.165) is 10.1 Å². The van der Waals surface area contributed by atoms with E-state index in [-0.39, 0.29) is 29.2 Å². The van der Waals surface area contributed by atoms with Crippen LogP contribution in [0.5, 0.6) is 0 Å². The van der Waals surface area contributed by atoms with E-state index in [1.807, 2.05) is 37.3 Å². The number of benzene rings is 1. The molecule has 176 valence electrons. The Hall–Kier alpha value is -3.21. The van der Waals surface area contributed by atoms with Gasteiger partial charge in [-0.25, -0.2) is 22.8 Å². The predicted octanol–water partition coefficient (Wildman–Crippen LogP) is 0.464. The first kappa shape index (κ1) is 23.0. The molecule has 3 aromatic rings. The second kappa shape index (κ2) is 8.97.